The number of nitrogens with zero attached hydrogens (tertiary/aromatic N) is 2. The second-order valence-electron chi connectivity index (χ2n) is 4.57. The third-order valence-corrected chi connectivity index (χ3v) is 4.00. The molecule has 0 spiro atoms. The molecular weight excluding hydrogens is 290 g/mol. The Kier molecular flexibility index (Phi) is 3.48. The maximum Gasteiger partial charge on any atom is 0.136 e. The largest absolute Gasteiger partial charge is 0.355 e. The smallest absolute Gasteiger partial charge is 0.136 e. The minimum Gasteiger partial charge on any atom is -0.355 e. The molecule has 0 unspecified atom stereocenters. The Balaban J connectivity index is 2.08. The van der Waals surface area contributed by atoms with Crippen molar-refractivity contribution in [3.8, 4) is 0 Å². The summed E-state index contributed by atoms with van der Waals surface area (Å²) in [7, 11) is 0. The first kappa shape index (κ1) is 11.9. The molecule has 2 heterocycles. The van der Waals surface area contributed by atoms with Crippen LogP contribution in [-0.2, 0) is 0 Å². The van der Waals surface area contributed by atoms with Crippen LogP contribution in [0.1, 0.15) is 6.42 Å². The van der Waals surface area contributed by atoms with Gasteiger partial charge in [-0.25, -0.2) is 4.98 Å². The highest BCUT2D eigenvalue weighted by Crippen LogP contribution is 2.30. The first-order valence-corrected chi connectivity index (χ1v) is 7.14. The molecule has 1 aromatic heterocycles. The molecule has 3 nitrogen and oxygen atoms in total. The molecule has 0 radical (unpaired) electrons. The van der Waals surface area contributed by atoms with Gasteiger partial charge in [-0.3, -0.25) is 0 Å². The van der Waals surface area contributed by atoms with Crippen molar-refractivity contribution in [2.75, 3.05) is 31.1 Å². The van der Waals surface area contributed by atoms with Crippen molar-refractivity contribution in [3.05, 3.63) is 34.9 Å². The molecule has 0 bridgehead atoms. The van der Waals surface area contributed by atoms with Gasteiger partial charge in [0.1, 0.15) is 5.82 Å². The van der Waals surface area contributed by atoms with E-state index in [1.54, 1.807) is 0 Å². The van der Waals surface area contributed by atoms with Crippen LogP contribution >= 0.6 is 15.9 Å². The van der Waals surface area contributed by atoms with Crippen molar-refractivity contribution in [1.29, 1.82) is 0 Å². The van der Waals surface area contributed by atoms with Crippen LogP contribution in [0.15, 0.2) is 34.9 Å². The van der Waals surface area contributed by atoms with Crippen LogP contribution in [0.25, 0.3) is 10.8 Å². The number of hydrogen-bond donors (Lipinski definition) is 1. The van der Waals surface area contributed by atoms with E-state index in [-0.39, 0.29) is 0 Å². The van der Waals surface area contributed by atoms with Gasteiger partial charge in [-0.2, -0.15) is 0 Å². The molecule has 94 valence electrons. The van der Waals surface area contributed by atoms with Crippen LogP contribution in [0.4, 0.5) is 5.82 Å². The Hall–Kier alpha value is -1.13. The standard InChI is InChI=1S/C14H16BrN3/c15-13-10-17-14(12-5-2-1-4-11(12)13)18-8-3-6-16-7-9-18/h1-2,4-5,10,16H,3,6-9H2. The van der Waals surface area contributed by atoms with Crippen molar-refractivity contribution in [2.45, 2.75) is 6.42 Å². The Morgan fingerprint density at radius 2 is 1.94 bits per heavy atom. The number of benzene rings is 1. The summed E-state index contributed by atoms with van der Waals surface area (Å²) in [6, 6.07) is 8.44. The molecule has 3 rings (SSSR count). The minimum atomic E-state index is 1.03. The van der Waals surface area contributed by atoms with Crippen LogP contribution in [0.5, 0.6) is 0 Å². The average molecular weight is 306 g/mol. The Morgan fingerprint density at radius 3 is 2.83 bits per heavy atom. The molecule has 0 amide bonds. The quantitative estimate of drug-likeness (QED) is 0.878. The maximum atomic E-state index is 4.62. The number of hydrogen-bond acceptors (Lipinski definition) is 3. The van der Waals surface area contributed by atoms with Crippen molar-refractivity contribution < 1.29 is 0 Å². The van der Waals surface area contributed by atoms with Crippen molar-refractivity contribution >= 4 is 32.5 Å². The van der Waals surface area contributed by atoms with E-state index in [9.17, 15) is 0 Å². The molecule has 1 aliphatic heterocycles. The van der Waals surface area contributed by atoms with E-state index in [4.69, 9.17) is 0 Å². The van der Waals surface area contributed by atoms with E-state index in [1.807, 2.05) is 6.20 Å². The van der Waals surface area contributed by atoms with Gasteiger partial charge in [-0.15, -0.1) is 0 Å². The average Bonchev–Trinajstić information content (AvgIpc) is 2.68. The topological polar surface area (TPSA) is 28.2 Å². The van der Waals surface area contributed by atoms with E-state index in [0.717, 1.165) is 36.5 Å². The molecule has 1 saturated heterocycles. The van der Waals surface area contributed by atoms with Gasteiger partial charge in [-0.1, -0.05) is 24.3 Å². The van der Waals surface area contributed by atoms with Crippen LogP contribution in [0, 0.1) is 0 Å². The highest BCUT2D eigenvalue weighted by atomic mass is 79.9. The number of fused-ring (bicyclic) bond motifs is 1. The molecule has 0 atom stereocenters. The number of anilines is 1. The summed E-state index contributed by atoms with van der Waals surface area (Å²) in [5.74, 6) is 1.11. The van der Waals surface area contributed by atoms with Gasteiger partial charge in [0.15, 0.2) is 0 Å². The maximum absolute atomic E-state index is 4.62. The van der Waals surface area contributed by atoms with Gasteiger partial charge in [0, 0.05) is 41.1 Å². The van der Waals surface area contributed by atoms with Gasteiger partial charge in [0.05, 0.1) is 0 Å². The zero-order valence-corrected chi connectivity index (χ0v) is 11.8. The van der Waals surface area contributed by atoms with Gasteiger partial charge in [0.2, 0.25) is 0 Å². The molecular formula is C14H16BrN3. The first-order chi connectivity index (χ1) is 8.86. The zero-order chi connectivity index (χ0) is 12.4. The monoisotopic (exact) mass is 305 g/mol. The van der Waals surface area contributed by atoms with Crippen LogP contribution in [0.3, 0.4) is 0 Å². The van der Waals surface area contributed by atoms with Gasteiger partial charge in [0.25, 0.3) is 0 Å². The van der Waals surface area contributed by atoms with Gasteiger partial charge >= 0.3 is 0 Å². The lowest BCUT2D eigenvalue weighted by Gasteiger charge is -2.22. The molecule has 18 heavy (non-hydrogen) atoms. The Labute approximate surface area is 115 Å². The van der Waals surface area contributed by atoms with E-state index in [0.29, 0.717) is 0 Å². The molecule has 4 heteroatoms. The SMILES string of the molecule is Brc1cnc(N2CCCNCC2)c2ccccc12. The second kappa shape index (κ2) is 5.24. The summed E-state index contributed by atoms with van der Waals surface area (Å²) in [6.45, 7) is 4.24. The minimum absolute atomic E-state index is 1.03. The van der Waals surface area contributed by atoms with E-state index in [1.165, 1.54) is 17.2 Å². The van der Waals surface area contributed by atoms with E-state index >= 15 is 0 Å². The molecule has 1 aromatic carbocycles. The van der Waals surface area contributed by atoms with Crippen molar-refractivity contribution in [1.82, 2.24) is 10.3 Å². The lowest BCUT2D eigenvalue weighted by molar-refractivity contribution is 0.724. The predicted octanol–water partition coefficient (Wildman–Crippen LogP) is 2.80. The van der Waals surface area contributed by atoms with Crippen LogP contribution < -0.4 is 10.2 Å². The first-order valence-electron chi connectivity index (χ1n) is 6.35. The van der Waals surface area contributed by atoms with E-state index in [2.05, 4.69) is 55.4 Å². The molecule has 1 fully saturated rings. The third kappa shape index (κ3) is 2.22. The molecule has 1 aliphatic rings. The number of aromatic nitrogens is 1. The Bertz CT molecular complexity index is 548. The summed E-state index contributed by atoms with van der Waals surface area (Å²) in [5, 5.41) is 5.89. The summed E-state index contributed by atoms with van der Waals surface area (Å²) < 4.78 is 1.06. The van der Waals surface area contributed by atoms with Crippen molar-refractivity contribution in [2.24, 2.45) is 0 Å². The normalized spacial score (nSPS) is 16.8. The zero-order valence-electron chi connectivity index (χ0n) is 10.2. The predicted molar refractivity (Wildman–Crippen MR) is 79.1 cm³/mol. The highest BCUT2D eigenvalue weighted by Gasteiger charge is 2.14. The molecule has 0 saturated carbocycles. The van der Waals surface area contributed by atoms with Crippen LogP contribution in [-0.4, -0.2) is 31.2 Å². The van der Waals surface area contributed by atoms with Gasteiger partial charge in [-0.05, 0) is 28.9 Å². The van der Waals surface area contributed by atoms with Gasteiger partial charge < -0.3 is 10.2 Å². The fourth-order valence-electron chi connectivity index (χ4n) is 2.45. The highest BCUT2D eigenvalue weighted by molar-refractivity contribution is 9.10. The molecule has 1 N–H and O–H groups in total. The fourth-order valence-corrected chi connectivity index (χ4v) is 2.90. The summed E-state index contributed by atoms with van der Waals surface area (Å²) in [6.07, 6.45) is 3.09. The van der Waals surface area contributed by atoms with E-state index < -0.39 is 0 Å². The summed E-state index contributed by atoms with van der Waals surface area (Å²) in [4.78, 5) is 7.01. The molecule has 0 aliphatic carbocycles. The Morgan fingerprint density at radius 1 is 1.11 bits per heavy atom. The lowest BCUT2D eigenvalue weighted by atomic mass is 10.1. The molecule has 2 aromatic rings. The third-order valence-electron chi connectivity index (χ3n) is 3.37. The fraction of sp³-hybridized carbons (Fsp3) is 0.357. The van der Waals surface area contributed by atoms with Crippen LogP contribution in [0.2, 0.25) is 0 Å². The van der Waals surface area contributed by atoms with Crippen molar-refractivity contribution in [3.63, 3.8) is 0 Å². The number of nitrogens with one attached hydrogen (secondary N) is 1. The second-order valence-corrected chi connectivity index (χ2v) is 5.42. The summed E-state index contributed by atoms with van der Waals surface area (Å²) in [5.41, 5.74) is 0. The number of rotatable bonds is 1. The number of halogens is 1. The lowest BCUT2D eigenvalue weighted by Crippen LogP contribution is -2.28. The summed E-state index contributed by atoms with van der Waals surface area (Å²) >= 11 is 3.58. The number of pyridine rings is 1.